The summed E-state index contributed by atoms with van der Waals surface area (Å²) in [5, 5.41) is 6.79. The number of nitrogens with one attached hydrogen (secondary N) is 1. The zero-order valence-electron chi connectivity index (χ0n) is 6.29. The fourth-order valence-electron chi connectivity index (χ4n) is 0.483. The van der Waals surface area contributed by atoms with Gasteiger partial charge in [0.15, 0.2) is 0 Å². The normalized spacial score (nSPS) is 13.2. The highest BCUT2D eigenvalue weighted by atomic mass is 32.1. The molecule has 1 aromatic heterocycles. The molecule has 0 aliphatic carbocycles. The van der Waals surface area contributed by atoms with E-state index in [2.05, 4.69) is 15.6 Å². The Labute approximate surface area is 74.2 Å². The van der Waals surface area contributed by atoms with E-state index >= 15 is 0 Å². The smallest absolute Gasteiger partial charge is 0.0791 e. The van der Waals surface area contributed by atoms with Crippen molar-refractivity contribution in [1.82, 2.24) is 15.6 Å². The van der Waals surface area contributed by atoms with Crippen molar-refractivity contribution in [3.05, 3.63) is 29.4 Å². The van der Waals surface area contributed by atoms with E-state index in [0.717, 1.165) is 0 Å². The minimum atomic E-state index is 1.26. The lowest BCUT2D eigenvalue weighted by Gasteiger charge is -2.12. The van der Waals surface area contributed by atoms with Gasteiger partial charge in [-0.2, -0.15) is 5.10 Å². The van der Waals surface area contributed by atoms with Crippen molar-refractivity contribution in [3.63, 3.8) is 0 Å². The largest absolute Gasteiger partial charge is 0.253 e. The van der Waals surface area contributed by atoms with Crippen molar-refractivity contribution in [2.45, 2.75) is 0 Å². The Balaban J connectivity index is 0.000000127. The number of nitrogens with zero attached hydrogens (tertiary/aromatic N) is 3. The Bertz CT molecular complexity index is 225. The average Bonchev–Trinajstić information content (AvgIpc) is 2.62. The van der Waals surface area contributed by atoms with Gasteiger partial charge in [0, 0.05) is 17.8 Å². The molecule has 2 heterocycles. The average molecular weight is 183 g/mol. The summed E-state index contributed by atoms with van der Waals surface area (Å²) in [4.78, 5) is 3.74. The lowest BCUT2D eigenvalue weighted by Crippen LogP contribution is -2.36. The zero-order valence-corrected chi connectivity index (χ0v) is 7.11. The maximum atomic E-state index is 5.16. The highest BCUT2D eigenvalue weighted by Gasteiger charge is 1.84. The van der Waals surface area contributed by atoms with Gasteiger partial charge in [0.25, 0.3) is 0 Å². The number of nitrogens with two attached hydrogens (primary N) is 1. The Morgan fingerprint density at radius 2 is 2.42 bits per heavy atom. The fourth-order valence-corrected chi connectivity index (χ4v) is 0.835. The van der Waals surface area contributed by atoms with Gasteiger partial charge in [0.2, 0.25) is 0 Å². The lowest BCUT2D eigenvalue weighted by atomic mass is 10.6. The second kappa shape index (κ2) is 5.28. The summed E-state index contributed by atoms with van der Waals surface area (Å²) < 4.78 is 0. The SMILES string of the molecule is NN1C=CC=NN1.c1cscn1. The van der Waals surface area contributed by atoms with Crippen LogP contribution in [0.1, 0.15) is 0 Å². The van der Waals surface area contributed by atoms with E-state index in [1.54, 1.807) is 41.5 Å². The van der Waals surface area contributed by atoms with E-state index in [1.165, 1.54) is 5.12 Å². The molecule has 0 unspecified atom stereocenters. The second-order valence-electron chi connectivity index (χ2n) is 1.80. The van der Waals surface area contributed by atoms with Gasteiger partial charge in [-0.25, -0.2) is 16.5 Å². The first kappa shape index (κ1) is 8.69. The molecule has 0 bridgehead atoms. The molecule has 3 N–H and O–H groups in total. The number of allylic oxidation sites excluding steroid dienone is 1. The molecule has 12 heavy (non-hydrogen) atoms. The molecule has 2 rings (SSSR count). The van der Waals surface area contributed by atoms with E-state index in [0.29, 0.717) is 0 Å². The summed E-state index contributed by atoms with van der Waals surface area (Å²) in [5.74, 6) is 5.16. The predicted molar refractivity (Wildman–Crippen MR) is 48.9 cm³/mol. The molecule has 1 aromatic rings. The molecule has 0 radical (unpaired) electrons. The Morgan fingerprint density at radius 1 is 1.50 bits per heavy atom. The van der Waals surface area contributed by atoms with Gasteiger partial charge < -0.3 is 0 Å². The maximum Gasteiger partial charge on any atom is 0.0791 e. The summed E-state index contributed by atoms with van der Waals surface area (Å²) in [7, 11) is 0. The third-order valence-corrected chi connectivity index (χ3v) is 1.45. The molecule has 5 nitrogen and oxygen atoms in total. The van der Waals surface area contributed by atoms with Crippen molar-refractivity contribution in [2.24, 2.45) is 10.9 Å². The molecule has 1 aliphatic heterocycles. The number of hydrogen-bond donors (Lipinski definition) is 2. The predicted octanol–water partition coefficient (Wildman–Crippen LogP) is 0.323. The molecule has 0 saturated carbocycles. The molecular weight excluding hydrogens is 174 g/mol. The standard InChI is InChI=1S/C3H6N4.C3H3NS/c4-7-3-1-2-5-6-7;1-2-5-3-4-1/h1-3,6H,4H2;1-3H. The summed E-state index contributed by atoms with van der Waals surface area (Å²) in [6.45, 7) is 0. The third kappa shape index (κ3) is 3.69. The number of hydrazine groups is 2. The summed E-state index contributed by atoms with van der Waals surface area (Å²) in [6, 6.07) is 0. The van der Waals surface area contributed by atoms with Crippen LogP contribution in [0.4, 0.5) is 0 Å². The first-order valence-corrected chi connectivity index (χ1v) is 4.15. The monoisotopic (exact) mass is 183 g/mol. The topological polar surface area (TPSA) is 66.5 Å². The molecule has 0 spiro atoms. The van der Waals surface area contributed by atoms with Crippen molar-refractivity contribution in [3.8, 4) is 0 Å². The number of thiazole rings is 1. The van der Waals surface area contributed by atoms with Crippen LogP contribution in [0.5, 0.6) is 0 Å². The number of hydrazone groups is 1. The first-order valence-electron chi connectivity index (χ1n) is 3.21. The second-order valence-corrected chi connectivity index (χ2v) is 2.56. The van der Waals surface area contributed by atoms with Crippen LogP contribution in [-0.4, -0.2) is 16.3 Å². The zero-order chi connectivity index (χ0) is 8.65. The van der Waals surface area contributed by atoms with Crippen molar-refractivity contribution in [1.29, 1.82) is 0 Å². The molecule has 0 fully saturated rings. The molecule has 0 saturated heterocycles. The van der Waals surface area contributed by atoms with E-state index in [4.69, 9.17) is 5.84 Å². The Hall–Kier alpha value is -1.40. The van der Waals surface area contributed by atoms with Crippen LogP contribution in [0.3, 0.4) is 0 Å². The molecule has 64 valence electrons. The molecule has 6 heteroatoms. The first-order chi connectivity index (χ1) is 5.89. The quantitative estimate of drug-likeness (QED) is 0.568. The minimum absolute atomic E-state index is 1.26. The van der Waals surface area contributed by atoms with E-state index in [1.807, 2.05) is 5.38 Å². The van der Waals surface area contributed by atoms with E-state index < -0.39 is 0 Å². The molecule has 0 atom stereocenters. The molecular formula is C6H9N5S. The highest BCUT2D eigenvalue weighted by molar-refractivity contribution is 7.07. The highest BCUT2D eigenvalue weighted by Crippen LogP contribution is 1.85. The van der Waals surface area contributed by atoms with E-state index in [9.17, 15) is 0 Å². The molecule has 0 amide bonds. The van der Waals surface area contributed by atoms with Gasteiger partial charge in [-0.3, -0.25) is 4.98 Å². The van der Waals surface area contributed by atoms with Gasteiger partial charge in [0.05, 0.1) is 11.7 Å². The number of aromatic nitrogens is 1. The van der Waals surface area contributed by atoms with Gasteiger partial charge in [-0.15, -0.1) is 11.3 Å². The van der Waals surface area contributed by atoms with E-state index in [-0.39, 0.29) is 0 Å². The molecule has 1 aliphatic rings. The number of hydrogen-bond acceptors (Lipinski definition) is 6. The van der Waals surface area contributed by atoms with Crippen LogP contribution in [-0.2, 0) is 0 Å². The maximum absolute atomic E-state index is 5.16. The summed E-state index contributed by atoms with van der Waals surface area (Å²) >= 11 is 1.60. The Morgan fingerprint density at radius 3 is 2.67 bits per heavy atom. The van der Waals surface area contributed by atoms with Gasteiger partial charge in [-0.1, -0.05) is 0 Å². The van der Waals surface area contributed by atoms with Gasteiger partial charge in [-0.05, 0) is 6.08 Å². The van der Waals surface area contributed by atoms with Gasteiger partial charge in [0.1, 0.15) is 0 Å². The summed E-state index contributed by atoms with van der Waals surface area (Å²) in [5.41, 5.74) is 4.27. The Kier molecular flexibility index (Phi) is 3.82. The fraction of sp³-hybridized carbons (Fsp3) is 0. The number of rotatable bonds is 0. The minimum Gasteiger partial charge on any atom is -0.253 e. The third-order valence-electron chi connectivity index (χ3n) is 0.928. The van der Waals surface area contributed by atoms with Crippen LogP contribution < -0.4 is 11.4 Å². The van der Waals surface area contributed by atoms with Gasteiger partial charge >= 0.3 is 0 Å². The van der Waals surface area contributed by atoms with Crippen molar-refractivity contribution >= 4 is 17.6 Å². The van der Waals surface area contributed by atoms with Crippen LogP contribution >= 0.6 is 11.3 Å². The van der Waals surface area contributed by atoms with Crippen LogP contribution in [0, 0.1) is 0 Å². The summed E-state index contributed by atoms with van der Waals surface area (Å²) in [6.07, 6.45) is 6.78. The van der Waals surface area contributed by atoms with Crippen LogP contribution in [0.25, 0.3) is 0 Å². The molecule has 0 aromatic carbocycles. The lowest BCUT2D eigenvalue weighted by molar-refractivity contribution is 0.284. The van der Waals surface area contributed by atoms with Crippen molar-refractivity contribution < 1.29 is 0 Å². The van der Waals surface area contributed by atoms with Crippen LogP contribution in [0.2, 0.25) is 0 Å². The van der Waals surface area contributed by atoms with Crippen LogP contribution in [0.15, 0.2) is 34.5 Å². The van der Waals surface area contributed by atoms with Crippen molar-refractivity contribution in [2.75, 3.05) is 0 Å².